The highest BCUT2D eigenvalue weighted by Gasteiger charge is 2.22. The van der Waals surface area contributed by atoms with E-state index in [1.54, 1.807) is 0 Å². The molecule has 0 saturated carbocycles. The average molecular weight is 344 g/mol. The Morgan fingerprint density at radius 1 is 1.40 bits per heavy atom. The van der Waals surface area contributed by atoms with Crippen molar-refractivity contribution in [3.8, 4) is 0 Å². The van der Waals surface area contributed by atoms with Crippen LogP contribution in [0.5, 0.6) is 0 Å². The summed E-state index contributed by atoms with van der Waals surface area (Å²) in [6, 6.07) is 5.75. The number of halogens is 2. The molecule has 0 spiro atoms. The summed E-state index contributed by atoms with van der Waals surface area (Å²) in [5.74, 6) is -0.159. The summed E-state index contributed by atoms with van der Waals surface area (Å²) in [5, 5.41) is 3.46. The number of hydrogen-bond donors (Lipinski definition) is 1. The summed E-state index contributed by atoms with van der Waals surface area (Å²) in [7, 11) is 4.31. The van der Waals surface area contributed by atoms with Crippen molar-refractivity contribution in [1.82, 2.24) is 15.1 Å². The molecule has 0 amide bonds. The third kappa shape index (κ3) is 4.01. The first-order valence-corrected chi connectivity index (χ1v) is 7.84. The second-order valence-corrected chi connectivity index (χ2v) is 6.61. The molecule has 1 fully saturated rings. The van der Waals surface area contributed by atoms with E-state index in [2.05, 4.69) is 45.1 Å². The predicted molar refractivity (Wildman–Crippen MR) is 84.4 cm³/mol. The summed E-state index contributed by atoms with van der Waals surface area (Å²) in [6.07, 6.45) is 0. The molecule has 1 saturated heterocycles. The van der Waals surface area contributed by atoms with Crippen LogP contribution >= 0.6 is 15.9 Å². The Morgan fingerprint density at radius 2 is 2.15 bits per heavy atom. The van der Waals surface area contributed by atoms with Gasteiger partial charge in [-0.1, -0.05) is 22.0 Å². The molecule has 2 atom stereocenters. The lowest BCUT2D eigenvalue weighted by Gasteiger charge is -2.38. The van der Waals surface area contributed by atoms with Crippen LogP contribution in [0.2, 0.25) is 0 Å². The quantitative estimate of drug-likeness (QED) is 0.905. The molecule has 20 heavy (non-hydrogen) atoms. The third-order valence-corrected chi connectivity index (χ3v) is 4.56. The van der Waals surface area contributed by atoms with Gasteiger partial charge in [0.25, 0.3) is 0 Å². The molecule has 3 nitrogen and oxygen atoms in total. The average Bonchev–Trinajstić information content (AvgIpc) is 2.39. The van der Waals surface area contributed by atoms with Crippen molar-refractivity contribution >= 4 is 15.9 Å². The van der Waals surface area contributed by atoms with Gasteiger partial charge in [-0.3, -0.25) is 4.90 Å². The minimum Gasteiger partial charge on any atom is -0.308 e. The first-order chi connectivity index (χ1) is 9.47. The van der Waals surface area contributed by atoms with E-state index < -0.39 is 0 Å². The topological polar surface area (TPSA) is 18.5 Å². The number of hydrogen-bond acceptors (Lipinski definition) is 3. The number of benzene rings is 1. The molecule has 1 aromatic carbocycles. The fraction of sp³-hybridized carbons (Fsp3) is 0.600. The largest absolute Gasteiger partial charge is 0.308 e. The Bertz CT molecular complexity index is 455. The molecule has 0 bridgehead atoms. The predicted octanol–water partition coefficient (Wildman–Crippen LogP) is 2.48. The van der Waals surface area contributed by atoms with Crippen molar-refractivity contribution < 1.29 is 4.39 Å². The van der Waals surface area contributed by atoms with Gasteiger partial charge in [-0.2, -0.15) is 0 Å². The van der Waals surface area contributed by atoms with Gasteiger partial charge in [0.15, 0.2) is 0 Å². The fourth-order valence-electron chi connectivity index (χ4n) is 2.60. The first-order valence-electron chi connectivity index (χ1n) is 7.04. The lowest BCUT2D eigenvalue weighted by atomic mass is 10.1. The lowest BCUT2D eigenvalue weighted by Crippen LogP contribution is -2.53. The molecule has 0 radical (unpaired) electrons. The van der Waals surface area contributed by atoms with Crippen LogP contribution in [0.25, 0.3) is 0 Å². The van der Waals surface area contributed by atoms with Crippen molar-refractivity contribution in [2.75, 3.05) is 40.3 Å². The second-order valence-electron chi connectivity index (χ2n) is 5.69. The molecule has 1 N–H and O–H groups in total. The van der Waals surface area contributed by atoms with Crippen LogP contribution in [0, 0.1) is 5.82 Å². The minimum atomic E-state index is -0.159. The van der Waals surface area contributed by atoms with Crippen molar-refractivity contribution in [1.29, 1.82) is 0 Å². The monoisotopic (exact) mass is 343 g/mol. The molecule has 2 rings (SSSR count). The van der Waals surface area contributed by atoms with E-state index in [-0.39, 0.29) is 11.9 Å². The van der Waals surface area contributed by atoms with E-state index in [1.165, 1.54) is 6.07 Å². The van der Waals surface area contributed by atoms with E-state index in [9.17, 15) is 4.39 Å². The molecule has 0 aromatic heterocycles. The first kappa shape index (κ1) is 15.9. The molecular weight excluding hydrogens is 321 g/mol. The Hall–Kier alpha value is -0.490. The SMILES string of the molecule is CC(NCC1CN(C)CCN1C)c1ccc(Br)cc1F. The zero-order chi connectivity index (χ0) is 14.7. The minimum absolute atomic E-state index is 0.0173. The highest BCUT2D eigenvalue weighted by molar-refractivity contribution is 9.10. The Balaban J connectivity index is 1.92. The summed E-state index contributed by atoms with van der Waals surface area (Å²) >= 11 is 3.29. The second kappa shape index (κ2) is 6.98. The number of piperazine rings is 1. The normalized spacial score (nSPS) is 22.9. The van der Waals surface area contributed by atoms with Crippen molar-refractivity contribution in [3.63, 3.8) is 0 Å². The van der Waals surface area contributed by atoms with Crippen molar-refractivity contribution in [2.24, 2.45) is 0 Å². The number of likely N-dealkylation sites (N-methyl/N-ethyl adjacent to an activating group) is 2. The van der Waals surface area contributed by atoms with E-state index in [4.69, 9.17) is 0 Å². The summed E-state index contributed by atoms with van der Waals surface area (Å²) in [6.45, 7) is 6.14. The Morgan fingerprint density at radius 3 is 2.85 bits per heavy atom. The summed E-state index contributed by atoms with van der Waals surface area (Å²) in [5.41, 5.74) is 0.722. The van der Waals surface area contributed by atoms with Gasteiger partial charge in [-0.15, -0.1) is 0 Å². The molecule has 0 aliphatic carbocycles. The van der Waals surface area contributed by atoms with Gasteiger partial charge in [0.1, 0.15) is 5.82 Å². The maximum Gasteiger partial charge on any atom is 0.129 e. The molecule has 1 aliphatic rings. The van der Waals surface area contributed by atoms with E-state index in [0.29, 0.717) is 6.04 Å². The highest BCUT2D eigenvalue weighted by atomic mass is 79.9. The molecule has 5 heteroatoms. The number of nitrogens with one attached hydrogen (secondary N) is 1. The number of rotatable bonds is 4. The van der Waals surface area contributed by atoms with Gasteiger partial charge in [-0.05, 0) is 33.2 Å². The zero-order valence-corrected chi connectivity index (χ0v) is 14.0. The van der Waals surface area contributed by atoms with Crippen LogP contribution in [-0.4, -0.2) is 56.1 Å². The van der Waals surface area contributed by atoms with Crippen LogP contribution in [0.4, 0.5) is 4.39 Å². The van der Waals surface area contributed by atoms with Gasteiger partial charge < -0.3 is 10.2 Å². The molecule has 1 heterocycles. The van der Waals surface area contributed by atoms with Crippen molar-refractivity contribution in [3.05, 3.63) is 34.1 Å². The highest BCUT2D eigenvalue weighted by Crippen LogP contribution is 2.21. The van der Waals surface area contributed by atoms with Gasteiger partial charge in [0.05, 0.1) is 0 Å². The van der Waals surface area contributed by atoms with E-state index in [1.807, 2.05) is 19.1 Å². The van der Waals surface area contributed by atoms with Crippen LogP contribution in [0.1, 0.15) is 18.5 Å². The van der Waals surface area contributed by atoms with Crippen molar-refractivity contribution in [2.45, 2.75) is 19.0 Å². The van der Waals surface area contributed by atoms with Gasteiger partial charge in [0, 0.05) is 48.3 Å². The maximum absolute atomic E-state index is 13.9. The van der Waals surface area contributed by atoms with Crippen LogP contribution in [-0.2, 0) is 0 Å². The number of nitrogens with zero attached hydrogens (tertiary/aromatic N) is 2. The van der Waals surface area contributed by atoms with E-state index >= 15 is 0 Å². The maximum atomic E-state index is 13.9. The van der Waals surface area contributed by atoms with E-state index in [0.717, 1.165) is 36.2 Å². The molecule has 1 aromatic rings. The van der Waals surface area contributed by atoms with Gasteiger partial charge >= 0.3 is 0 Å². The van der Waals surface area contributed by atoms with Gasteiger partial charge in [0.2, 0.25) is 0 Å². The molecule has 2 unspecified atom stereocenters. The fourth-order valence-corrected chi connectivity index (χ4v) is 2.93. The summed E-state index contributed by atoms with van der Waals surface area (Å²) < 4.78 is 14.7. The Kier molecular flexibility index (Phi) is 5.55. The molecule has 112 valence electrons. The van der Waals surface area contributed by atoms with Crippen LogP contribution in [0.3, 0.4) is 0 Å². The van der Waals surface area contributed by atoms with Gasteiger partial charge in [-0.25, -0.2) is 4.39 Å². The third-order valence-electron chi connectivity index (χ3n) is 4.07. The molecule has 1 aliphatic heterocycles. The Labute approximate surface area is 129 Å². The smallest absolute Gasteiger partial charge is 0.129 e. The zero-order valence-electron chi connectivity index (χ0n) is 12.4. The van der Waals surface area contributed by atoms with Crippen LogP contribution in [0.15, 0.2) is 22.7 Å². The summed E-state index contributed by atoms with van der Waals surface area (Å²) in [4.78, 5) is 4.72. The molecular formula is C15H23BrFN3. The van der Waals surface area contributed by atoms with Crippen LogP contribution < -0.4 is 5.32 Å². The standard InChI is InChI=1S/C15H23BrFN3/c1-11(14-5-4-12(16)8-15(14)17)18-9-13-10-19(2)6-7-20(13)3/h4-5,8,11,13,18H,6-7,9-10H2,1-3H3. The lowest BCUT2D eigenvalue weighted by molar-refractivity contribution is 0.111.